The number of nitrogens with one attached hydrogen (secondary N) is 1. The van der Waals surface area contributed by atoms with Crippen molar-refractivity contribution >= 4 is 75.4 Å². The van der Waals surface area contributed by atoms with Crippen LogP contribution in [0, 0.1) is 0 Å². The van der Waals surface area contributed by atoms with Crippen molar-refractivity contribution in [3.8, 4) is 11.3 Å². The zero-order valence-corrected chi connectivity index (χ0v) is 18.4. The molecule has 1 aromatic heterocycles. The van der Waals surface area contributed by atoms with Crippen LogP contribution in [0.3, 0.4) is 0 Å². The molecule has 2 heterocycles. The number of furan rings is 1. The van der Waals surface area contributed by atoms with E-state index >= 15 is 0 Å². The van der Waals surface area contributed by atoms with Gasteiger partial charge in [-0.1, -0.05) is 46.9 Å². The van der Waals surface area contributed by atoms with Gasteiger partial charge in [0.05, 0.1) is 31.2 Å². The zero-order chi connectivity index (χ0) is 22.1. The Morgan fingerprint density at radius 1 is 1.10 bits per heavy atom. The summed E-state index contributed by atoms with van der Waals surface area (Å²) in [5.41, 5.74) is 1.06. The van der Waals surface area contributed by atoms with E-state index in [0.29, 0.717) is 42.9 Å². The van der Waals surface area contributed by atoms with Crippen LogP contribution in [-0.4, -0.2) is 22.2 Å². The van der Waals surface area contributed by atoms with Gasteiger partial charge in [0, 0.05) is 11.6 Å². The van der Waals surface area contributed by atoms with E-state index in [1.807, 2.05) is 0 Å². The molecule has 4 rings (SSSR count). The number of hydrogen-bond donors (Lipinski definition) is 2. The first kappa shape index (κ1) is 21.5. The second-order valence-corrected chi connectivity index (χ2v) is 8.48. The highest BCUT2D eigenvalue weighted by atomic mass is 35.5. The van der Waals surface area contributed by atoms with Crippen LogP contribution in [-0.2, 0) is 4.79 Å². The average molecular weight is 494 g/mol. The molecule has 31 heavy (non-hydrogen) atoms. The number of aromatic carboxylic acids is 1. The van der Waals surface area contributed by atoms with Crippen molar-refractivity contribution in [1.82, 2.24) is 5.32 Å². The van der Waals surface area contributed by atoms with E-state index in [2.05, 4.69) is 10.3 Å². The van der Waals surface area contributed by atoms with E-state index in [1.165, 1.54) is 12.1 Å². The summed E-state index contributed by atoms with van der Waals surface area (Å²) in [6.45, 7) is 0. The van der Waals surface area contributed by atoms with Crippen molar-refractivity contribution in [2.75, 3.05) is 0 Å². The number of amidine groups is 1. The molecule has 10 heteroatoms. The summed E-state index contributed by atoms with van der Waals surface area (Å²) in [4.78, 5) is 28.1. The normalized spacial score (nSPS) is 16.2. The summed E-state index contributed by atoms with van der Waals surface area (Å²) in [6.07, 6.45) is 1.58. The number of halogens is 3. The smallest absolute Gasteiger partial charge is 0.337 e. The lowest BCUT2D eigenvalue weighted by molar-refractivity contribution is -0.115. The molecule has 2 aromatic carbocycles. The largest absolute Gasteiger partial charge is 0.478 e. The first-order valence-corrected chi connectivity index (χ1v) is 10.6. The molecule has 0 radical (unpaired) electrons. The van der Waals surface area contributed by atoms with Crippen LogP contribution in [0.5, 0.6) is 0 Å². The van der Waals surface area contributed by atoms with E-state index in [1.54, 1.807) is 42.5 Å². The van der Waals surface area contributed by atoms with Crippen LogP contribution in [0.25, 0.3) is 17.4 Å². The van der Waals surface area contributed by atoms with Crippen molar-refractivity contribution in [3.63, 3.8) is 0 Å². The summed E-state index contributed by atoms with van der Waals surface area (Å²) in [6, 6.07) is 13.0. The second-order valence-electron chi connectivity index (χ2n) is 6.26. The molecule has 0 atom stereocenters. The monoisotopic (exact) mass is 492 g/mol. The molecule has 0 bridgehead atoms. The Balaban J connectivity index is 1.56. The van der Waals surface area contributed by atoms with Crippen LogP contribution < -0.4 is 5.32 Å². The molecule has 0 saturated carbocycles. The molecule has 0 unspecified atom stereocenters. The summed E-state index contributed by atoms with van der Waals surface area (Å²) < 4.78 is 5.77. The maximum atomic E-state index is 12.3. The number of aliphatic imine (C=N–C) groups is 1. The Morgan fingerprint density at radius 2 is 1.90 bits per heavy atom. The Morgan fingerprint density at radius 3 is 2.65 bits per heavy atom. The Kier molecular flexibility index (Phi) is 6.11. The van der Waals surface area contributed by atoms with Gasteiger partial charge in [-0.05, 0) is 48.2 Å². The molecule has 0 spiro atoms. The molecule has 156 valence electrons. The SMILES string of the molecule is O=C1NC(=Nc2cccc(Cl)c2Cl)S/C1=C\c1ccc(-c2ccc(C(=O)O)c(Cl)c2)o1. The molecule has 1 aliphatic rings. The zero-order valence-electron chi connectivity index (χ0n) is 15.4. The standard InChI is InChI=1S/C21H11Cl3N2O4S/c22-13-2-1-3-15(18(13)24)25-21-26-19(27)17(31-21)9-11-5-7-16(30-11)10-4-6-12(20(28)29)14(23)8-10/h1-9H,(H,28,29)(H,25,26,27)/b17-9-. The lowest BCUT2D eigenvalue weighted by atomic mass is 10.1. The number of nitrogens with zero attached hydrogens (tertiary/aromatic N) is 1. The fourth-order valence-corrected chi connectivity index (χ4v) is 4.14. The van der Waals surface area contributed by atoms with Crippen molar-refractivity contribution in [2.45, 2.75) is 0 Å². The van der Waals surface area contributed by atoms with Gasteiger partial charge in [0.15, 0.2) is 5.17 Å². The lowest BCUT2D eigenvalue weighted by Gasteiger charge is -2.01. The Bertz CT molecular complexity index is 1280. The van der Waals surface area contributed by atoms with Crippen LogP contribution >= 0.6 is 46.6 Å². The number of rotatable bonds is 4. The van der Waals surface area contributed by atoms with E-state index in [-0.39, 0.29) is 16.5 Å². The second kappa shape index (κ2) is 8.80. The third-order valence-electron chi connectivity index (χ3n) is 4.19. The topological polar surface area (TPSA) is 91.9 Å². The van der Waals surface area contributed by atoms with Crippen molar-refractivity contribution in [3.05, 3.63) is 79.8 Å². The van der Waals surface area contributed by atoms with Gasteiger partial charge in [-0.15, -0.1) is 0 Å². The predicted molar refractivity (Wildman–Crippen MR) is 123 cm³/mol. The molecular weight excluding hydrogens is 483 g/mol. The molecule has 1 saturated heterocycles. The minimum absolute atomic E-state index is 0.00460. The summed E-state index contributed by atoms with van der Waals surface area (Å²) in [5.74, 6) is -0.516. The van der Waals surface area contributed by atoms with Gasteiger partial charge in [-0.2, -0.15) is 0 Å². The Hall–Kier alpha value is -2.71. The molecular formula is C21H11Cl3N2O4S. The quantitative estimate of drug-likeness (QED) is 0.405. The van der Waals surface area contributed by atoms with E-state index in [0.717, 1.165) is 11.8 Å². The molecule has 3 aromatic rings. The van der Waals surface area contributed by atoms with Gasteiger partial charge < -0.3 is 14.8 Å². The van der Waals surface area contributed by atoms with Crippen molar-refractivity contribution in [2.24, 2.45) is 4.99 Å². The number of carboxylic acids is 1. The maximum Gasteiger partial charge on any atom is 0.337 e. The number of amides is 1. The lowest BCUT2D eigenvalue weighted by Crippen LogP contribution is -2.19. The third kappa shape index (κ3) is 4.65. The maximum absolute atomic E-state index is 12.3. The number of hydrogen-bond acceptors (Lipinski definition) is 5. The highest BCUT2D eigenvalue weighted by Crippen LogP contribution is 2.35. The summed E-state index contributed by atoms with van der Waals surface area (Å²) >= 11 is 19.3. The van der Waals surface area contributed by atoms with Gasteiger partial charge in [0.25, 0.3) is 5.91 Å². The first-order valence-electron chi connectivity index (χ1n) is 8.68. The van der Waals surface area contributed by atoms with Gasteiger partial charge >= 0.3 is 5.97 Å². The van der Waals surface area contributed by atoms with Crippen LogP contribution in [0.15, 0.2) is 62.8 Å². The number of carbonyl (C=O) groups is 2. The number of thioether (sulfide) groups is 1. The van der Waals surface area contributed by atoms with E-state index in [4.69, 9.17) is 44.3 Å². The van der Waals surface area contributed by atoms with Crippen molar-refractivity contribution < 1.29 is 19.1 Å². The minimum atomic E-state index is -1.11. The Labute approximate surface area is 195 Å². The molecule has 1 fully saturated rings. The molecule has 1 amide bonds. The van der Waals surface area contributed by atoms with Crippen LogP contribution in [0.2, 0.25) is 15.1 Å². The number of carboxylic acid groups (broad SMARTS) is 1. The number of carbonyl (C=O) groups excluding carboxylic acids is 1. The van der Waals surface area contributed by atoms with Gasteiger partial charge in [0.1, 0.15) is 11.5 Å². The molecule has 0 aliphatic carbocycles. The average Bonchev–Trinajstić information content (AvgIpc) is 3.32. The van der Waals surface area contributed by atoms with Gasteiger partial charge in [-0.3, -0.25) is 4.79 Å². The fraction of sp³-hybridized carbons (Fsp3) is 0. The predicted octanol–water partition coefficient (Wildman–Crippen LogP) is 6.50. The summed E-state index contributed by atoms with van der Waals surface area (Å²) in [7, 11) is 0. The van der Waals surface area contributed by atoms with Gasteiger partial charge in [-0.25, -0.2) is 9.79 Å². The fourth-order valence-electron chi connectivity index (χ4n) is 2.73. The van der Waals surface area contributed by atoms with Crippen molar-refractivity contribution in [1.29, 1.82) is 0 Å². The minimum Gasteiger partial charge on any atom is -0.478 e. The molecule has 1 aliphatic heterocycles. The molecule has 2 N–H and O–H groups in total. The number of benzene rings is 2. The first-order chi connectivity index (χ1) is 14.8. The van der Waals surface area contributed by atoms with Crippen LogP contribution in [0.4, 0.5) is 5.69 Å². The highest BCUT2D eigenvalue weighted by molar-refractivity contribution is 8.18. The highest BCUT2D eigenvalue weighted by Gasteiger charge is 2.25. The van der Waals surface area contributed by atoms with E-state index in [9.17, 15) is 9.59 Å². The van der Waals surface area contributed by atoms with Gasteiger partial charge in [0.2, 0.25) is 0 Å². The summed E-state index contributed by atoms with van der Waals surface area (Å²) in [5, 5.41) is 12.9. The van der Waals surface area contributed by atoms with Crippen LogP contribution in [0.1, 0.15) is 16.1 Å². The van der Waals surface area contributed by atoms with E-state index < -0.39 is 5.97 Å². The third-order valence-corrected chi connectivity index (χ3v) is 6.22. The molecule has 6 nitrogen and oxygen atoms in total.